The SMILES string of the molecule is O=C1OCc2ccccc2N1c1ccc(S(=O)(=O)N2CCC(N3C(=O)OCc4ccccc43)CC2)cc1Cl. The molecule has 9 nitrogen and oxygen atoms in total. The fourth-order valence-electron chi connectivity index (χ4n) is 5.22. The summed E-state index contributed by atoms with van der Waals surface area (Å²) in [5.74, 6) is 0. The van der Waals surface area contributed by atoms with Gasteiger partial charge in [0.1, 0.15) is 13.2 Å². The van der Waals surface area contributed by atoms with Crippen molar-refractivity contribution in [3.05, 3.63) is 82.9 Å². The van der Waals surface area contributed by atoms with E-state index in [9.17, 15) is 18.0 Å². The number of hydrogen-bond acceptors (Lipinski definition) is 6. The van der Waals surface area contributed by atoms with Crippen molar-refractivity contribution >= 4 is 50.9 Å². The van der Waals surface area contributed by atoms with Gasteiger partial charge < -0.3 is 9.47 Å². The number of benzene rings is 3. The lowest BCUT2D eigenvalue weighted by atomic mass is 10.0. The van der Waals surface area contributed by atoms with Crippen LogP contribution in [0.2, 0.25) is 5.02 Å². The maximum absolute atomic E-state index is 13.5. The van der Waals surface area contributed by atoms with E-state index in [0.717, 1.165) is 16.8 Å². The number of nitrogens with zero attached hydrogens (tertiary/aromatic N) is 3. The standard InChI is InChI=1S/C27H24ClN3O6S/c28-22-15-21(9-10-25(22)31-24-8-4-2-6-19(24)17-37-27(31)33)38(34,35)29-13-11-20(12-14-29)30-23-7-3-1-5-18(23)16-36-26(30)32/h1-10,15,20H,11-14,16-17H2. The van der Waals surface area contributed by atoms with Crippen LogP contribution in [0.15, 0.2) is 71.6 Å². The number of carbonyl (C=O) groups excluding carboxylic acids is 2. The third-order valence-corrected chi connectivity index (χ3v) is 9.35. The van der Waals surface area contributed by atoms with Gasteiger partial charge in [-0.05, 0) is 43.2 Å². The fourth-order valence-corrected chi connectivity index (χ4v) is 7.05. The van der Waals surface area contributed by atoms with E-state index in [1.54, 1.807) is 11.0 Å². The van der Waals surface area contributed by atoms with Crippen LogP contribution in [0.4, 0.5) is 26.7 Å². The van der Waals surface area contributed by atoms with Gasteiger partial charge in [0, 0.05) is 30.3 Å². The second-order valence-corrected chi connectivity index (χ2v) is 11.7. The normalized spacial score (nSPS) is 18.4. The van der Waals surface area contributed by atoms with Crippen molar-refractivity contribution in [1.82, 2.24) is 4.31 Å². The molecule has 3 heterocycles. The Morgan fingerprint density at radius 2 is 1.37 bits per heavy atom. The van der Waals surface area contributed by atoms with Crippen LogP contribution in [-0.4, -0.2) is 44.0 Å². The second kappa shape index (κ2) is 9.61. The first-order valence-corrected chi connectivity index (χ1v) is 14.0. The van der Waals surface area contributed by atoms with E-state index in [0.29, 0.717) is 24.2 Å². The monoisotopic (exact) mass is 553 g/mol. The average molecular weight is 554 g/mol. The first kappa shape index (κ1) is 24.7. The van der Waals surface area contributed by atoms with Crippen LogP contribution < -0.4 is 9.80 Å². The van der Waals surface area contributed by atoms with Gasteiger partial charge in [0.15, 0.2) is 0 Å². The molecular formula is C27H24ClN3O6S. The molecule has 0 N–H and O–H groups in total. The van der Waals surface area contributed by atoms with Crippen LogP contribution in [0.25, 0.3) is 0 Å². The maximum atomic E-state index is 13.5. The van der Waals surface area contributed by atoms with Crippen molar-refractivity contribution < 1.29 is 27.5 Å². The molecule has 0 aromatic heterocycles. The highest BCUT2D eigenvalue weighted by molar-refractivity contribution is 7.89. The van der Waals surface area contributed by atoms with Crippen LogP contribution in [0.3, 0.4) is 0 Å². The van der Waals surface area contributed by atoms with E-state index in [4.69, 9.17) is 21.1 Å². The Kier molecular flexibility index (Phi) is 6.25. The number of carbonyl (C=O) groups is 2. The summed E-state index contributed by atoms with van der Waals surface area (Å²) in [6, 6.07) is 19.0. The van der Waals surface area contributed by atoms with E-state index in [2.05, 4.69) is 0 Å². The summed E-state index contributed by atoms with van der Waals surface area (Å²) < 4.78 is 39.0. The van der Waals surface area contributed by atoms with Gasteiger partial charge in [0.25, 0.3) is 0 Å². The van der Waals surface area contributed by atoms with Gasteiger partial charge in [-0.1, -0.05) is 48.0 Å². The number of sulfonamides is 1. The third kappa shape index (κ3) is 4.18. The molecular weight excluding hydrogens is 530 g/mol. The first-order chi connectivity index (χ1) is 18.3. The predicted octanol–water partition coefficient (Wildman–Crippen LogP) is 5.44. The molecule has 0 atom stereocenters. The van der Waals surface area contributed by atoms with Crippen LogP contribution in [0.1, 0.15) is 24.0 Å². The lowest BCUT2D eigenvalue weighted by Crippen LogP contribution is -2.50. The minimum atomic E-state index is -3.85. The number of halogens is 1. The van der Waals surface area contributed by atoms with E-state index < -0.39 is 22.2 Å². The van der Waals surface area contributed by atoms with E-state index in [1.165, 1.54) is 27.4 Å². The molecule has 0 spiro atoms. The summed E-state index contributed by atoms with van der Waals surface area (Å²) in [4.78, 5) is 28.2. The van der Waals surface area contributed by atoms with Crippen LogP contribution in [0.5, 0.6) is 0 Å². The Bertz CT molecular complexity index is 1540. The minimum Gasteiger partial charge on any atom is -0.444 e. The molecule has 2 amide bonds. The Morgan fingerprint density at radius 1 is 0.763 bits per heavy atom. The minimum absolute atomic E-state index is 0.0334. The van der Waals surface area contributed by atoms with Gasteiger partial charge in [0.2, 0.25) is 10.0 Å². The third-order valence-electron chi connectivity index (χ3n) is 7.15. The number of para-hydroxylation sites is 2. The van der Waals surface area contributed by atoms with Gasteiger partial charge in [-0.25, -0.2) is 22.9 Å². The van der Waals surface area contributed by atoms with Gasteiger partial charge in [0.05, 0.1) is 27.0 Å². The van der Waals surface area contributed by atoms with Crippen molar-refractivity contribution in [3.8, 4) is 0 Å². The lowest BCUT2D eigenvalue weighted by molar-refractivity contribution is 0.135. The predicted molar refractivity (Wildman–Crippen MR) is 141 cm³/mol. The number of hydrogen-bond donors (Lipinski definition) is 0. The molecule has 3 aromatic carbocycles. The molecule has 1 fully saturated rings. The van der Waals surface area contributed by atoms with Crippen molar-refractivity contribution in [1.29, 1.82) is 0 Å². The topological polar surface area (TPSA) is 96.5 Å². The van der Waals surface area contributed by atoms with Crippen molar-refractivity contribution in [2.75, 3.05) is 22.9 Å². The van der Waals surface area contributed by atoms with Crippen molar-refractivity contribution in [2.24, 2.45) is 0 Å². The Hall–Kier alpha value is -3.60. The van der Waals surface area contributed by atoms with Crippen LogP contribution in [-0.2, 0) is 32.7 Å². The molecule has 0 bridgehead atoms. The summed E-state index contributed by atoms with van der Waals surface area (Å²) in [6.07, 6.45) is -0.0678. The summed E-state index contributed by atoms with van der Waals surface area (Å²) >= 11 is 6.54. The Morgan fingerprint density at radius 3 is 2.05 bits per heavy atom. The largest absolute Gasteiger partial charge is 0.444 e. The second-order valence-electron chi connectivity index (χ2n) is 9.32. The molecule has 3 aromatic rings. The van der Waals surface area contributed by atoms with Gasteiger partial charge in [-0.2, -0.15) is 4.31 Å². The molecule has 6 rings (SSSR count). The van der Waals surface area contributed by atoms with Gasteiger partial charge >= 0.3 is 12.2 Å². The zero-order valence-corrected chi connectivity index (χ0v) is 21.8. The number of rotatable bonds is 4. The highest BCUT2D eigenvalue weighted by atomic mass is 35.5. The van der Waals surface area contributed by atoms with Crippen molar-refractivity contribution in [2.45, 2.75) is 37.0 Å². The maximum Gasteiger partial charge on any atom is 0.419 e. The van der Waals surface area contributed by atoms with Crippen LogP contribution in [0, 0.1) is 0 Å². The molecule has 0 radical (unpaired) electrons. The zero-order valence-electron chi connectivity index (χ0n) is 20.2. The highest BCUT2D eigenvalue weighted by Crippen LogP contribution is 2.39. The van der Waals surface area contributed by atoms with E-state index in [1.807, 2.05) is 42.5 Å². The van der Waals surface area contributed by atoms with Crippen molar-refractivity contribution in [3.63, 3.8) is 0 Å². The molecule has 3 aliphatic rings. The van der Waals surface area contributed by atoms with Gasteiger partial charge in [-0.3, -0.25) is 4.90 Å². The molecule has 1 saturated heterocycles. The first-order valence-electron chi connectivity index (χ1n) is 12.2. The van der Waals surface area contributed by atoms with Crippen LogP contribution >= 0.6 is 11.6 Å². The number of anilines is 3. The highest BCUT2D eigenvalue weighted by Gasteiger charge is 2.37. The summed E-state index contributed by atoms with van der Waals surface area (Å²) in [7, 11) is -3.85. The number of ether oxygens (including phenoxy) is 2. The molecule has 3 aliphatic heterocycles. The average Bonchev–Trinajstić information content (AvgIpc) is 2.93. The molecule has 38 heavy (non-hydrogen) atoms. The number of cyclic esters (lactones) is 2. The zero-order chi connectivity index (χ0) is 26.4. The fraction of sp³-hybridized carbons (Fsp3) is 0.259. The Balaban J connectivity index is 1.21. The summed E-state index contributed by atoms with van der Waals surface area (Å²) in [5.41, 5.74) is 3.54. The lowest BCUT2D eigenvalue weighted by Gasteiger charge is -2.39. The van der Waals surface area contributed by atoms with E-state index in [-0.39, 0.29) is 42.3 Å². The molecule has 0 unspecified atom stereocenters. The number of piperidine rings is 1. The number of amides is 2. The quantitative estimate of drug-likeness (QED) is 0.427. The number of fused-ring (bicyclic) bond motifs is 2. The summed E-state index contributed by atoms with van der Waals surface area (Å²) in [6.45, 7) is 0.872. The van der Waals surface area contributed by atoms with E-state index >= 15 is 0 Å². The Labute approximate surface area is 225 Å². The summed E-state index contributed by atoms with van der Waals surface area (Å²) in [5, 5.41) is 0.113. The van der Waals surface area contributed by atoms with Gasteiger partial charge in [-0.15, -0.1) is 0 Å². The molecule has 11 heteroatoms. The molecule has 0 saturated carbocycles. The smallest absolute Gasteiger partial charge is 0.419 e. The molecule has 196 valence electrons. The molecule has 0 aliphatic carbocycles.